The van der Waals surface area contributed by atoms with Crippen LogP contribution in [0.25, 0.3) is 0 Å². The fraction of sp³-hybridized carbons (Fsp3) is 0.375. The SMILES string of the molecule is CCCNC(c1ccco1)c1c(C)cccc1C. The fourth-order valence-electron chi connectivity index (χ4n) is 2.37. The van der Waals surface area contributed by atoms with Crippen molar-refractivity contribution in [3.8, 4) is 0 Å². The van der Waals surface area contributed by atoms with E-state index in [1.165, 1.54) is 16.7 Å². The topological polar surface area (TPSA) is 25.2 Å². The van der Waals surface area contributed by atoms with E-state index in [4.69, 9.17) is 4.42 Å². The van der Waals surface area contributed by atoms with Gasteiger partial charge in [-0.3, -0.25) is 0 Å². The predicted molar refractivity (Wildman–Crippen MR) is 74.8 cm³/mol. The van der Waals surface area contributed by atoms with E-state index in [1.54, 1.807) is 6.26 Å². The van der Waals surface area contributed by atoms with Crippen molar-refractivity contribution in [1.82, 2.24) is 5.32 Å². The summed E-state index contributed by atoms with van der Waals surface area (Å²) in [5.41, 5.74) is 3.95. The Bertz CT molecular complexity index is 468. The number of hydrogen-bond acceptors (Lipinski definition) is 2. The van der Waals surface area contributed by atoms with Crippen LogP contribution in [0.2, 0.25) is 0 Å². The number of hydrogen-bond donors (Lipinski definition) is 1. The van der Waals surface area contributed by atoms with Crippen molar-refractivity contribution in [1.29, 1.82) is 0 Å². The lowest BCUT2D eigenvalue weighted by Crippen LogP contribution is -2.24. The van der Waals surface area contributed by atoms with Gasteiger partial charge >= 0.3 is 0 Å². The largest absolute Gasteiger partial charge is 0.467 e. The fourth-order valence-corrected chi connectivity index (χ4v) is 2.37. The molecule has 0 aliphatic rings. The number of benzene rings is 1. The number of rotatable bonds is 5. The summed E-state index contributed by atoms with van der Waals surface area (Å²) in [4.78, 5) is 0. The van der Waals surface area contributed by atoms with Crippen LogP contribution >= 0.6 is 0 Å². The summed E-state index contributed by atoms with van der Waals surface area (Å²) >= 11 is 0. The van der Waals surface area contributed by atoms with E-state index in [2.05, 4.69) is 44.3 Å². The third kappa shape index (κ3) is 2.65. The van der Waals surface area contributed by atoms with Crippen molar-refractivity contribution in [2.45, 2.75) is 33.2 Å². The van der Waals surface area contributed by atoms with Gasteiger partial charge in [0, 0.05) is 0 Å². The van der Waals surface area contributed by atoms with Gasteiger partial charge in [-0.15, -0.1) is 0 Å². The molecule has 0 fully saturated rings. The molecule has 1 aromatic carbocycles. The molecule has 0 saturated carbocycles. The summed E-state index contributed by atoms with van der Waals surface area (Å²) in [6.07, 6.45) is 2.85. The molecule has 1 atom stereocenters. The summed E-state index contributed by atoms with van der Waals surface area (Å²) in [5.74, 6) is 0.987. The number of nitrogens with one attached hydrogen (secondary N) is 1. The van der Waals surface area contributed by atoms with Crippen molar-refractivity contribution in [2.75, 3.05) is 6.54 Å². The zero-order valence-electron chi connectivity index (χ0n) is 11.4. The highest BCUT2D eigenvalue weighted by Crippen LogP contribution is 2.28. The van der Waals surface area contributed by atoms with Gasteiger partial charge < -0.3 is 9.73 Å². The highest BCUT2D eigenvalue weighted by molar-refractivity contribution is 5.39. The van der Waals surface area contributed by atoms with Gasteiger partial charge in [0.15, 0.2) is 0 Å². The lowest BCUT2D eigenvalue weighted by atomic mass is 9.94. The van der Waals surface area contributed by atoms with Crippen LogP contribution in [0.5, 0.6) is 0 Å². The van der Waals surface area contributed by atoms with E-state index >= 15 is 0 Å². The Labute approximate surface area is 109 Å². The molecule has 1 aromatic heterocycles. The maximum atomic E-state index is 5.59. The van der Waals surface area contributed by atoms with Crippen LogP contribution in [0, 0.1) is 13.8 Å². The molecule has 96 valence electrons. The second kappa shape index (κ2) is 5.87. The van der Waals surface area contributed by atoms with Crippen LogP contribution in [-0.4, -0.2) is 6.54 Å². The quantitative estimate of drug-likeness (QED) is 0.859. The standard InChI is InChI=1S/C16H21NO/c1-4-10-17-16(14-9-6-11-18-14)15-12(2)7-5-8-13(15)3/h5-9,11,16-17H,4,10H2,1-3H3. The van der Waals surface area contributed by atoms with Crippen LogP contribution in [0.15, 0.2) is 41.0 Å². The van der Waals surface area contributed by atoms with Crippen LogP contribution in [0.4, 0.5) is 0 Å². The Balaban J connectivity index is 2.40. The van der Waals surface area contributed by atoms with Gasteiger partial charge in [0.25, 0.3) is 0 Å². The molecule has 1 N–H and O–H groups in total. The molecule has 0 spiro atoms. The van der Waals surface area contributed by atoms with E-state index in [-0.39, 0.29) is 6.04 Å². The van der Waals surface area contributed by atoms with E-state index in [1.807, 2.05) is 12.1 Å². The summed E-state index contributed by atoms with van der Waals surface area (Å²) < 4.78 is 5.59. The molecule has 0 aliphatic heterocycles. The van der Waals surface area contributed by atoms with E-state index in [0.717, 1.165) is 18.7 Å². The minimum atomic E-state index is 0.154. The van der Waals surface area contributed by atoms with Gasteiger partial charge in [0.05, 0.1) is 12.3 Å². The Morgan fingerprint density at radius 2 is 1.83 bits per heavy atom. The van der Waals surface area contributed by atoms with Gasteiger partial charge in [-0.1, -0.05) is 25.1 Å². The molecule has 0 amide bonds. The first-order valence-electron chi connectivity index (χ1n) is 6.57. The normalized spacial score (nSPS) is 12.6. The molecular formula is C16H21NO. The van der Waals surface area contributed by atoms with E-state index in [0.29, 0.717) is 0 Å². The summed E-state index contributed by atoms with van der Waals surface area (Å²) in [6.45, 7) is 7.48. The lowest BCUT2D eigenvalue weighted by molar-refractivity contribution is 0.445. The third-order valence-corrected chi connectivity index (χ3v) is 3.26. The van der Waals surface area contributed by atoms with Gasteiger partial charge in [-0.25, -0.2) is 0 Å². The molecule has 1 heterocycles. The third-order valence-electron chi connectivity index (χ3n) is 3.26. The van der Waals surface area contributed by atoms with Crippen molar-refractivity contribution < 1.29 is 4.42 Å². The summed E-state index contributed by atoms with van der Waals surface area (Å²) in [5, 5.41) is 3.58. The molecule has 18 heavy (non-hydrogen) atoms. The molecule has 0 bridgehead atoms. The Kier molecular flexibility index (Phi) is 4.21. The first-order chi connectivity index (χ1) is 8.74. The molecular weight excluding hydrogens is 222 g/mol. The summed E-state index contributed by atoms with van der Waals surface area (Å²) in [6, 6.07) is 10.6. The van der Waals surface area contributed by atoms with Gasteiger partial charge in [0.1, 0.15) is 5.76 Å². The molecule has 2 rings (SSSR count). The van der Waals surface area contributed by atoms with Crippen molar-refractivity contribution in [2.24, 2.45) is 0 Å². The van der Waals surface area contributed by atoms with Crippen LogP contribution < -0.4 is 5.32 Å². The van der Waals surface area contributed by atoms with Crippen molar-refractivity contribution in [3.63, 3.8) is 0 Å². The van der Waals surface area contributed by atoms with Gasteiger partial charge in [0.2, 0.25) is 0 Å². The first-order valence-corrected chi connectivity index (χ1v) is 6.57. The smallest absolute Gasteiger partial charge is 0.125 e. The van der Waals surface area contributed by atoms with Gasteiger partial charge in [-0.2, -0.15) is 0 Å². The maximum Gasteiger partial charge on any atom is 0.125 e. The highest BCUT2D eigenvalue weighted by Gasteiger charge is 2.19. The second-order valence-corrected chi connectivity index (χ2v) is 4.71. The zero-order valence-corrected chi connectivity index (χ0v) is 11.4. The summed E-state index contributed by atoms with van der Waals surface area (Å²) in [7, 11) is 0. The monoisotopic (exact) mass is 243 g/mol. The Morgan fingerprint density at radius 1 is 1.11 bits per heavy atom. The maximum absolute atomic E-state index is 5.59. The first kappa shape index (κ1) is 12.9. The average molecular weight is 243 g/mol. The number of aryl methyl sites for hydroxylation is 2. The predicted octanol–water partition coefficient (Wildman–Crippen LogP) is 3.99. The number of furan rings is 1. The van der Waals surface area contributed by atoms with E-state index in [9.17, 15) is 0 Å². The molecule has 0 radical (unpaired) electrons. The molecule has 1 unspecified atom stereocenters. The Morgan fingerprint density at radius 3 is 2.39 bits per heavy atom. The van der Waals surface area contributed by atoms with Crippen LogP contribution in [-0.2, 0) is 0 Å². The van der Waals surface area contributed by atoms with Gasteiger partial charge in [-0.05, 0) is 55.6 Å². The molecule has 0 aliphatic carbocycles. The zero-order chi connectivity index (χ0) is 13.0. The average Bonchev–Trinajstić information content (AvgIpc) is 2.86. The van der Waals surface area contributed by atoms with E-state index < -0.39 is 0 Å². The minimum Gasteiger partial charge on any atom is -0.467 e. The van der Waals surface area contributed by atoms with Crippen molar-refractivity contribution in [3.05, 3.63) is 59.0 Å². The highest BCUT2D eigenvalue weighted by atomic mass is 16.3. The Hall–Kier alpha value is -1.54. The van der Waals surface area contributed by atoms with Crippen LogP contribution in [0.3, 0.4) is 0 Å². The molecule has 2 nitrogen and oxygen atoms in total. The minimum absolute atomic E-state index is 0.154. The van der Waals surface area contributed by atoms with Crippen LogP contribution in [0.1, 0.15) is 41.8 Å². The van der Waals surface area contributed by atoms with Crippen molar-refractivity contribution >= 4 is 0 Å². The molecule has 0 saturated heterocycles. The molecule has 2 heteroatoms. The molecule has 2 aromatic rings. The lowest BCUT2D eigenvalue weighted by Gasteiger charge is -2.21. The second-order valence-electron chi connectivity index (χ2n) is 4.71.